The van der Waals surface area contributed by atoms with Crippen molar-refractivity contribution >= 4 is 5.69 Å². The summed E-state index contributed by atoms with van der Waals surface area (Å²) < 4.78 is 53.8. The molecule has 0 radical (unpaired) electrons. The van der Waals surface area contributed by atoms with Crippen molar-refractivity contribution in [3.8, 4) is 0 Å². The fourth-order valence-corrected chi connectivity index (χ4v) is 5.13. The highest BCUT2D eigenvalue weighted by Gasteiger charge is 2.34. The van der Waals surface area contributed by atoms with E-state index in [2.05, 4.69) is 34.3 Å². The highest BCUT2D eigenvalue weighted by molar-refractivity contribution is 5.47. The first-order valence-corrected chi connectivity index (χ1v) is 11.4. The summed E-state index contributed by atoms with van der Waals surface area (Å²) >= 11 is 0. The van der Waals surface area contributed by atoms with Gasteiger partial charge in [0.1, 0.15) is 5.82 Å². The van der Waals surface area contributed by atoms with Gasteiger partial charge in [-0.1, -0.05) is 31.0 Å². The van der Waals surface area contributed by atoms with E-state index in [-0.39, 0.29) is 12.1 Å². The fraction of sp³-hybridized carbons (Fsp3) is 0.520. The first kappa shape index (κ1) is 23.1. The molecular weight excluding hydrogens is 418 g/mol. The molecule has 0 spiro atoms. The number of likely N-dealkylation sites (N-methyl/N-ethyl adjacent to an activating group) is 1. The molecule has 1 unspecified atom stereocenters. The second-order valence-electron chi connectivity index (χ2n) is 9.04. The van der Waals surface area contributed by atoms with Crippen molar-refractivity contribution in [2.24, 2.45) is 0 Å². The van der Waals surface area contributed by atoms with Gasteiger partial charge in [-0.2, -0.15) is 13.2 Å². The van der Waals surface area contributed by atoms with Crippen molar-refractivity contribution in [1.29, 1.82) is 0 Å². The van der Waals surface area contributed by atoms with E-state index in [1.807, 2.05) is 12.1 Å². The molecule has 2 fully saturated rings. The summed E-state index contributed by atoms with van der Waals surface area (Å²) in [6.07, 6.45) is 0.276. The molecule has 2 aromatic rings. The number of anilines is 1. The molecule has 2 aromatic carbocycles. The fourth-order valence-electron chi connectivity index (χ4n) is 5.13. The van der Waals surface area contributed by atoms with Crippen LogP contribution in [0.1, 0.15) is 48.3 Å². The van der Waals surface area contributed by atoms with Crippen LogP contribution in [0.5, 0.6) is 0 Å². The van der Waals surface area contributed by atoms with Gasteiger partial charge < -0.3 is 10.2 Å². The average molecular weight is 450 g/mol. The Labute approximate surface area is 187 Å². The number of alkyl halides is 3. The molecule has 2 atom stereocenters. The van der Waals surface area contributed by atoms with E-state index in [4.69, 9.17) is 0 Å². The van der Waals surface area contributed by atoms with E-state index in [1.165, 1.54) is 24.8 Å². The molecular formula is C25H31F4N3. The minimum atomic E-state index is -4.58. The minimum absolute atomic E-state index is 0.214. The molecule has 1 N–H and O–H groups in total. The Kier molecular flexibility index (Phi) is 7.05. The third-order valence-electron chi connectivity index (χ3n) is 6.97. The highest BCUT2D eigenvalue weighted by Crippen LogP contribution is 2.37. The van der Waals surface area contributed by atoms with Crippen molar-refractivity contribution in [3.05, 3.63) is 65.0 Å². The SMILES string of the molecule is CN1CCN([C@H]2CCCCC2c2ccc(NCc3c(F)cccc3C(F)(F)F)cc2)CC1. The van der Waals surface area contributed by atoms with Crippen LogP contribution in [0.25, 0.3) is 0 Å². The van der Waals surface area contributed by atoms with Crippen LogP contribution in [0.3, 0.4) is 0 Å². The number of hydrogen-bond acceptors (Lipinski definition) is 3. The van der Waals surface area contributed by atoms with E-state index in [0.717, 1.165) is 50.8 Å². The molecule has 0 aromatic heterocycles. The third-order valence-corrected chi connectivity index (χ3v) is 6.97. The molecule has 174 valence electrons. The van der Waals surface area contributed by atoms with Gasteiger partial charge in [-0.25, -0.2) is 4.39 Å². The Morgan fingerprint density at radius 2 is 1.62 bits per heavy atom. The van der Waals surface area contributed by atoms with Crippen molar-refractivity contribution < 1.29 is 17.6 Å². The van der Waals surface area contributed by atoms with Crippen molar-refractivity contribution in [1.82, 2.24) is 9.80 Å². The second kappa shape index (κ2) is 9.79. The van der Waals surface area contributed by atoms with Crippen LogP contribution in [-0.2, 0) is 12.7 Å². The lowest BCUT2D eigenvalue weighted by Gasteiger charge is -2.44. The highest BCUT2D eigenvalue weighted by atomic mass is 19.4. The molecule has 1 saturated heterocycles. The Bertz CT molecular complexity index is 889. The normalized spacial score (nSPS) is 23.3. The molecule has 4 rings (SSSR count). The molecule has 2 aliphatic rings. The van der Waals surface area contributed by atoms with Gasteiger partial charge in [-0.3, -0.25) is 4.90 Å². The molecule has 1 aliphatic carbocycles. The number of piperazine rings is 1. The van der Waals surface area contributed by atoms with Gasteiger partial charge in [0.15, 0.2) is 0 Å². The van der Waals surface area contributed by atoms with Crippen LogP contribution in [0.2, 0.25) is 0 Å². The minimum Gasteiger partial charge on any atom is -0.381 e. The van der Waals surface area contributed by atoms with E-state index in [9.17, 15) is 17.6 Å². The number of nitrogens with one attached hydrogen (secondary N) is 1. The predicted octanol–water partition coefficient (Wildman–Crippen LogP) is 5.73. The van der Waals surface area contributed by atoms with Crippen LogP contribution < -0.4 is 5.32 Å². The second-order valence-corrected chi connectivity index (χ2v) is 9.04. The molecule has 7 heteroatoms. The monoisotopic (exact) mass is 449 g/mol. The summed E-state index contributed by atoms with van der Waals surface area (Å²) in [5.41, 5.74) is 0.684. The lowest BCUT2D eigenvalue weighted by Crippen LogP contribution is -2.51. The molecule has 0 bridgehead atoms. The van der Waals surface area contributed by atoms with Gasteiger partial charge in [-0.05, 0) is 55.6 Å². The van der Waals surface area contributed by atoms with Gasteiger partial charge in [-0.15, -0.1) is 0 Å². The van der Waals surface area contributed by atoms with Gasteiger partial charge in [0, 0.05) is 50.0 Å². The number of nitrogens with zero attached hydrogens (tertiary/aromatic N) is 2. The lowest BCUT2D eigenvalue weighted by atomic mass is 9.79. The Hall–Kier alpha value is -2.12. The molecule has 1 heterocycles. The zero-order chi connectivity index (χ0) is 22.7. The predicted molar refractivity (Wildman–Crippen MR) is 119 cm³/mol. The van der Waals surface area contributed by atoms with Crippen LogP contribution in [0, 0.1) is 5.82 Å². The topological polar surface area (TPSA) is 18.5 Å². The lowest BCUT2D eigenvalue weighted by molar-refractivity contribution is -0.138. The smallest absolute Gasteiger partial charge is 0.381 e. The number of rotatable bonds is 5. The van der Waals surface area contributed by atoms with E-state index >= 15 is 0 Å². The summed E-state index contributed by atoms with van der Waals surface area (Å²) in [6, 6.07) is 11.6. The van der Waals surface area contributed by atoms with Crippen molar-refractivity contribution in [2.75, 3.05) is 38.5 Å². The van der Waals surface area contributed by atoms with Crippen LogP contribution in [0.15, 0.2) is 42.5 Å². The van der Waals surface area contributed by atoms with Gasteiger partial charge >= 0.3 is 6.18 Å². The van der Waals surface area contributed by atoms with E-state index in [0.29, 0.717) is 17.6 Å². The van der Waals surface area contributed by atoms with Gasteiger partial charge in [0.05, 0.1) is 5.56 Å². The largest absolute Gasteiger partial charge is 0.416 e. The average Bonchev–Trinajstić information content (AvgIpc) is 2.78. The maximum absolute atomic E-state index is 14.1. The Morgan fingerprint density at radius 1 is 0.938 bits per heavy atom. The third kappa shape index (κ3) is 5.26. The number of hydrogen-bond donors (Lipinski definition) is 1. The summed E-state index contributed by atoms with van der Waals surface area (Å²) in [4.78, 5) is 5.00. The van der Waals surface area contributed by atoms with Crippen LogP contribution in [0.4, 0.5) is 23.2 Å². The van der Waals surface area contributed by atoms with Gasteiger partial charge in [0.25, 0.3) is 0 Å². The zero-order valence-corrected chi connectivity index (χ0v) is 18.5. The van der Waals surface area contributed by atoms with Crippen molar-refractivity contribution in [2.45, 2.75) is 50.4 Å². The maximum Gasteiger partial charge on any atom is 0.416 e. The molecule has 0 amide bonds. The summed E-state index contributed by atoms with van der Waals surface area (Å²) in [5, 5.41) is 2.97. The quantitative estimate of drug-likeness (QED) is 0.588. The molecule has 1 aliphatic heterocycles. The zero-order valence-electron chi connectivity index (χ0n) is 18.5. The van der Waals surface area contributed by atoms with Crippen molar-refractivity contribution in [3.63, 3.8) is 0 Å². The van der Waals surface area contributed by atoms with E-state index in [1.54, 1.807) is 0 Å². The summed E-state index contributed by atoms with van der Waals surface area (Å²) in [7, 11) is 2.17. The first-order valence-electron chi connectivity index (χ1n) is 11.4. The Balaban J connectivity index is 1.44. The summed E-state index contributed by atoms with van der Waals surface area (Å²) in [6.45, 7) is 4.18. The number of halogens is 4. The number of benzene rings is 2. The van der Waals surface area contributed by atoms with Crippen LogP contribution in [-0.4, -0.2) is 49.1 Å². The van der Waals surface area contributed by atoms with E-state index < -0.39 is 17.6 Å². The van der Waals surface area contributed by atoms with Crippen LogP contribution >= 0.6 is 0 Å². The molecule has 1 saturated carbocycles. The van der Waals surface area contributed by atoms with Gasteiger partial charge in [0.2, 0.25) is 0 Å². The Morgan fingerprint density at radius 3 is 2.31 bits per heavy atom. The molecule has 32 heavy (non-hydrogen) atoms. The standard InChI is InChI=1S/C25H31F4N3/c1-31-13-15-32(16-14-31)24-8-3-2-5-20(24)18-9-11-19(12-10-18)30-17-21-22(25(27,28)29)6-4-7-23(21)26/h4,6-7,9-12,20,24,30H,2-3,5,8,13-17H2,1H3/t20?,24-/m0/s1. The maximum atomic E-state index is 14.1. The first-order chi connectivity index (χ1) is 15.3. The molecule has 3 nitrogen and oxygen atoms in total. The summed E-state index contributed by atoms with van der Waals surface area (Å²) in [5.74, 6) is -0.370.